The van der Waals surface area contributed by atoms with Crippen LogP contribution in [0.25, 0.3) is 0 Å². The van der Waals surface area contributed by atoms with E-state index in [-0.39, 0.29) is 0 Å². The maximum atomic E-state index is 3.53. The minimum atomic E-state index is 0.504. The molecular formula is C9H14N2S. The molecule has 2 rings (SSSR count). The summed E-state index contributed by atoms with van der Waals surface area (Å²) in [5, 5.41) is 7.26. The first kappa shape index (κ1) is 8.20. The molecule has 66 valence electrons. The van der Waals surface area contributed by atoms with E-state index in [0.717, 1.165) is 6.54 Å². The summed E-state index contributed by atoms with van der Waals surface area (Å²) < 4.78 is 0. The molecule has 0 aromatic carbocycles. The van der Waals surface area contributed by atoms with Crippen molar-refractivity contribution in [1.29, 1.82) is 0 Å². The molecule has 2 N–H and O–H groups in total. The van der Waals surface area contributed by atoms with Gasteiger partial charge in [-0.3, -0.25) is 5.32 Å². The highest BCUT2D eigenvalue weighted by Gasteiger charge is 2.23. The van der Waals surface area contributed by atoms with Gasteiger partial charge in [0.25, 0.3) is 0 Å². The zero-order valence-corrected chi connectivity index (χ0v) is 8.03. The van der Waals surface area contributed by atoms with E-state index in [0.29, 0.717) is 11.4 Å². The van der Waals surface area contributed by atoms with Crippen molar-refractivity contribution in [2.75, 3.05) is 12.3 Å². The highest BCUT2D eigenvalue weighted by molar-refractivity contribution is 8.00. The summed E-state index contributed by atoms with van der Waals surface area (Å²) in [5.74, 6) is 1.22. The van der Waals surface area contributed by atoms with Gasteiger partial charge in [0.05, 0.1) is 5.37 Å². The Bertz CT molecular complexity index is 223. The molecule has 2 nitrogen and oxygen atoms in total. The average molecular weight is 182 g/mol. The van der Waals surface area contributed by atoms with Crippen molar-refractivity contribution in [3.05, 3.63) is 23.9 Å². The van der Waals surface area contributed by atoms with Gasteiger partial charge in [-0.2, -0.15) is 0 Å². The molecule has 12 heavy (non-hydrogen) atoms. The van der Waals surface area contributed by atoms with Crippen LogP contribution in [0.5, 0.6) is 0 Å². The highest BCUT2D eigenvalue weighted by Crippen LogP contribution is 2.25. The van der Waals surface area contributed by atoms with Crippen LogP contribution >= 0.6 is 11.8 Å². The van der Waals surface area contributed by atoms with E-state index in [1.165, 1.54) is 11.3 Å². The van der Waals surface area contributed by atoms with Crippen LogP contribution in [0.2, 0.25) is 0 Å². The normalized spacial score (nSPS) is 34.6. The molecule has 0 aromatic rings. The predicted molar refractivity (Wildman–Crippen MR) is 54.1 cm³/mol. The lowest BCUT2D eigenvalue weighted by Gasteiger charge is -2.15. The largest absolute Gasteiger partial charge is 0.387 e. The number of hydrogen-bond donors (Lipinski definition) is 2. The second kappa shape index (κ2) is 3.54. The second-order valence-electron chi connectivity index (χ2n) is 3.24. The number of rotatable bonds is 1. The Morgan fingerprint density at radius 2 is 2.50 bits per heavy atom. The fraction of sp³-hybridized carbons (Fsp3) is 0.556. The Balaban J connectivity index is 2.00. The number of nitrogens with one attached hydrogen (secondary N) is 2. The van der Waals surface area contributed by atoms with Crippen molar-refractivity contribution < 1.29 is 0 Å². The molecule has 1 fully saturated rings. The van der Waals surface area contributed by atoms with Gasteiger partial charge in [0.2, 0.25) is 0 Å². The summed E-state index contributed by atoms with van der Waals surface area (Å²) in [5.41, 5.74) is 1.37. The van der Waals surface area contributed by atoms with Gasteiger partial charge in [-0.15, -0.1) is 11.8 Å². The summed E-state index contributed by atoms with van der Waals surface area (Å²) in [6, 6.07) is 0.649. The summed E-state index contributed by atoms with van der Waals surface area (Å²) >= 11 is 1.99. The van der Waals surface area contributed by atoms with E-state index in [2.05, 4.69) is 35.9 Å². The highest BCUT2D eigenvalue weighted by atomic mass is 32.2. The van der Waals surface area contributed by atoms with Gasteiger partial charge in [-0.05, 0) is 12.5 Å². The topological polar surface area (TPSA) is 24.1 Å². The summed E-state index contributed by atoms with van der Waals surface area (Å²) in [4.78, 5) is 0. The molecule has 2 aliphatic rings. The van der Waals surface area contributed by atoms with Gasteiger partial charge in [0.1, 0.15) is 0 Å². The minimum absolute atomic E-state index is 0.504. The zero-order chi connectivity index (χ0) is 8.39. The molecule has 1 saturated heterocycles. The summed E-state index contributed by atoms with van der Waals surface area (Å²) in [7, 11) is 0. The zero-order valence-electron chi connectivity index (χ0n) is 7.21. The smallest absolute Gasteiger partial charge is 0.0806 e. The van der Waals surface area contributed by atoms with Gasteiger partial charge >= 0.3 is 0 Å². The van der Waals surface area contributed by atoms with Crippen molar-refractivity contribution in [2.45, 2.75) is 18.3 Å². The van der Waals surface area contributed by atoms with Gasteiger partial charge in [0.15, 0.2) is 0 Å². The standard InChI is InChI=1S/C9H14N2S/c1-7-6-12-9(11-7)8-3-2-4-10-5-8/h2-3,5,7,9-11H,4,6H2,1H3. The van der Waals surface area contributed by atoms with E-state index in [4.69, 9.17) is 0 Å². The number of dihydropyridines is 1. The van der Waals surface area contributed by atoms with Crippen molar-refractivity contribution in [2.24, 2.45) is 0 Å². The van der Waals surface area contributed by atoms with Gasteiger partial charge < -0.3 is 5.32 Å². The van der Waals surface area contributed by atoms with E-state index in [1.807, 2.05) is 11.8 Å². The minimum Gasteiger partial charge on any atom is -0.387 e. The molecule has 2 atom stereocenters. The number of thioether (sulfide) groups is 1. The molecule has 0 aromatic heterocycles. The van der Waals surface area contributed by atoms with Crippen LogP contribution in [0, 0.1) is 0 Å². The van der Waals surface area contributed by atoms with Crippen LogP contribution in [0.4, 0.5) is 0 Å². The second-order valence-corrected chi connectivity index (χ2v) is 4.37. The lowest BCUT2D eigenvalue weighted by atomic mass is 10.2. The molecule has 2 aliphatic heterocycles. The van der Waals surface area contributed by atoms with Crippen molar-refractivity contribution in [1.82, 2.24) is 10.6 Å². The van der Waals surface area contributed by atoms with Crippen molar-refractivity contribution >= 4 is 11.8 Å². The Morgan fingerprint density at radius 3 is 3.08 bits per heavy atom. The van der Waals surface area contributed by atoms with Gasteiger partial charge in [0, 0.05) is 24.5 Å². The number of hydrogen-bond acceptors (Lipinski definition) is 3. The van der Waals surface area contributed by atoms with Gasteiger partial charge in [-0.1, -0.05) is 12.2 Å². The third kappa shape index (κ3) is 1.67. The third-order valence-corrected chi connectivity index (χ3v) is 3.50. The van der Waals surface area contributed by atoms with E-state index >= 15 is 0 Å². The molecule has 0 amide bonds. The first-order valence-electron chi connectivity index (χ1n) is 4.34. The van der Waals surface area contributed by atoms with Crippen LogP contribution in [0.1, 0.15) is 6.92 Å². The predicted octanol–water partition coefficient (Wildman–Crippen LogP) is 1.08. The summed E-state index contributed by atoms with van der Waals surface area (Å²) in [6.07, 6.45) is 6.49. The molecule has 0 saturated carbocycles. The Kier molecular flexibility index (Phi) is 2.42. The average Bonchev–Trinajstić information content (AvgIpc) is 2.54. The van der Waals surface area contributed by atoms with E-state index in [9.17, 15) is 0 Å². The van der Waals surface area contributed by atoms with Crippen LogP contribution in [-0.2, 0) is 0 Å². The quantitative estimate of drug-likeness (QED) is 0.634. The Morgan fingerprint density at radius 1 is 1.58 bits per heavy atom. The van der Waals surface area contributed by atoms with Crippen molar-refractivity contribution in [3.8, 4) is 0 Å². The fourth-order valence-corrected chi connectivity index (χ4v) is 2.68. The molecule has 3 heteroatoms. The molecule has 0 bridgehead atoms. The Hall–Kier alpha value is -0.410. The SMILES string of the molecule is CC1CSC(C2=CNCC=C2)N1. The van der Waals surface area contributed by atoms with E-state index < -0.39 is 0 Å². The molecule has 0 radical (unpaired) electrons. The maximum absolute atomic E-state index is 3.53. The fourth-order valence-electron chi connectivity index (χ4n) is 1.44. The maximum Gasteiger partial charge on any atom is 0.0806 e. The third-order valence-electron chi connectivity index (χ3n) is 2.07. The molecule has 0 spiro atoms. The lowest BCUT2D eigenvalue weighted by molar-refractivity contribution is 0.637. The lowest BCUT2D eigenvalue weighted by Crippen LogP contribution is -2.29. The van der Waals surface area contributed by atoms with Crippen molar-refractivity contribution in [3.63, 3.8) is 0 Å². The summed E-state index contributed by atoms with van der Waals surface area (Å²) in [6.45, 7) is 3.20. The molecule has 2 heterocycles. The molecule has 0 aliphatic carbocycles. The Labute approximate surface area is 77.5 Å². The van der Waals surface area contributed by atoms with Crippen LogP contribution in [-0.4, -0.2) is 23.7 Å². The molecular weight excluding hydrogens is 168 g/mol. The van der Waals surface area contributed by atoms with Crippen LogP contribution in [0.3, 0.4) is 0 Å². The monoisotopic (exact) mass is 182 g/mol. The van der Waals surface area contributed by atoms with Crippen LogP contribution < -0.4 is 10.6 Å². The first-order chi connectivity index (χ1) is 5.86. The first-order valence-corrected chi connectivity index (χ1v) is 5.39. The van der Waals surface area contributed by atoms with E-state index in [1.54, 1.807) is 0 Å². The van der Waals surface area contributed by atoms with Crippen LogP contribution in [0.15, 0.2) is 23.9 Å². The van der Waals surface area contributed by atoms with Gasteiger partial charge in [-0.25, -0.2) is 0 Å². The molecule has 2 unspecified atom stereocenters.